The van der Waals surface area contributed by atoms with Gasteiger partial charge in [0.25, 0.3) is 5.91 Å². The van der Waals surface area contributed by atoms with Crippen LogP contribution in [-0.2, 0) is 10.0 Å². The zero-order valence-corrected chi connectivity index (χ0v) is 15.7. The molecular formula is C17H17ClF2N2O3S. The van der Waals surface area contributed by atoms with E-state index in [4.69, 9.17) is 11.6 Å². The van der Waals surface area contributed by atoms with Crippen LogP contribution in [0.5, 0.6) is 0 Å². The summed E-state index contributed by atoms with van der Waals surface area (Å²) in [5.74, 6) is -2.55. The van der Waals surface area contributed by atoms with Crippen LogP contribution in [0.25, 0.3) is 0 Å². The van der Waals surface area contributed by atoms with Crippen molar-refractivity contribution >= 4 is 33.2 Å². The van der Waals surface area contributed by atoms with E-state index in [9.17, 15) is 22.0 Å². The van der Waals surface area contributed by atoms with Gasteiger partial charge in [-0.25, -0.2) is 17.2 Å². The molecule has 0 spiro atoms. The summed E-state index contributed by atoms with van der Waals surface area (Å²) in [5.41, 5.74) is -0.381. The van der Waals surface area contributed by atoms with Gasteiger partial charge in [0.05, 0.1) is 21.2 Å². The molecule has 140 valence electrons. The average molecular weight is 403 g/mol. The fraction of sp³-hybridized carbons (Fsp3) is 0.235. The molecule has 0 aromatic heterocycles. The van der Waals surface area contributed by atoms with Gasteiger partial charge in [0, 0.05) is 19.2 Å². The maximum Gasteiger partial charge on any atom is 0.257 e. The Kier molecular flexibility index (Phi) is 6.33. The van der Waals surface area contributed by atoms with Gasteiger partial charge in [-0.3, -0.25) is 4.79 Å². The number of rotatable bonds is 6. The molecule has 0 saturated heterocycles. The quantitative estimate of drug-likeness (QED) is 0.796. The second kappa shape index (κ2) is 8.11. The minimum absolute atomic E-state index is 0.00326. The Labute approximate surface area is 155 Å². The molecule has 0 bridgehead atoms. The number of carbonyl (C=O) groups is 1. The van der Waals surface area contributed by atoms with E-state index in [1.807, 2.05) is 0 Å². The summed E-state index contributed by atoms with van der Waals surface area (Å²) >= 11 is 6.00. The van der Waals surface area contributed by atoms with Crippen molar-refractivity contribution < 1.29 is 22.0 Å². The topological polar surface area (TPSA) is 66.5 Å². The number of amides is 1. The summed E-state index contributed by atoms with van der Waals surface area (Å²) in [7, 11) is -3.79. The van der Waals surface area contributed by atoms with Crippen LogP contribution in [0.15, 0.2) is 41.3 Å². The molecule has 0 heterocycles. The second-order valence-corrected chi connectivity index (χ2v) is 7.65. The largest absolute Gasteiger partial charge is 0.319 e. The maximum atomic E-state index is 13.7. The van der Waals surface area contributed by atoms with E-state index in [1.54, 1.807) is 13.8 Å². The van der Waals surface area contributed by atoms with Crippen molar-refractivity contribution in [3.8, 4) is 0 Å². The van der Waals surface area contributed by atoms with Crippen molar-refractivity contribution in [3.05, 3.63) is 58.6 Å². The van der Waals surface area contributed by atoms with Gasteiger partial charge in [-0.2, -0.15) is 4.31 Å². The molecule has 0 saturated carbocycles. The van der Waals surface area contributed by atoms with Crippen LogP contribution >= 0.6 is 11.6 Å². The van der Waals surface area contributed by atoms with Crippen LogP contribution in [0.2, 0.25) is 5.02 Å². The first-order valence-electron chi connectivity index (χ1n) is 7.76. The summed E-state index contributed by atoms with van der Waals surface area (Å²) < 4.78 is 53.1. The highest BCUT2D eigenvalue weighted by atomic mass is 35.5. The van der Waals surface area contributed by atoms with Gasteiger partial charge in [-0.1, -0.05) is 25.4 Å². The smallest absolute Gasteiger partial charge is 0.257 e. The summed E-state index contributed by atoms with van der Waals surface area (Å²) in [6.07, 6.45) is 0. The summed E-state index contributed by atoms with van der Waals surface area (Å²) in [6.45, 7) is 3.93. The van der Waals surface area contributed by atoms with Gasteiger partial charge >= 0.3 is 0 Å². The second-order valence-electron chi connectivity index (χ2n) is 5.31. The number of halogens is 3. The molecule has 0 fully saturated rings. The molecule has 0 radical (unpaired) electrons. The molecule has 1 N–H and O–H groups in total. The number of nitrogens with zero attached hydrogens (tertiary/aromatic N) is 1. The van der Waals surface area contributed by atoms with E-state index in [0.717, 1.165) is 18.2 Å². The third kappa shape index (κ3) is 4.20. The molecule has 2 aromatic carbocycles. The Morgan fingerprint density at radius 1 is 1.12 bits per heavy atom. The Balaban J connectivity index is 2.39. The normalized spacial score (nSPS) is 11.6. The van der Waals surface area contributed by atoms with Crippen molar-refractivity contribution in [1.82, 2.24) is 4.31 Å². The standard InChI is InChI=1S/C17H17ClF2N2O3S/c1-3-22(4-2)26(24,25)12-6-7-14(18)13(10-12)17(23)21-16-8-5-11(19)9-15(16)20/h5-10H,3-4H2,1-2H3,(H,21,23). The minimum atomic E-state index is -3.79. The van der Waals surface area contributed by atoms with Crippen LogP contribution in [0.1, 0.15) is 24.2 Å². The Morgan fingerprint density at radius 2 is 1.77 bits per heavy atom. The van der Waals surface area contributed by atoms with E-state index in [1.165, 1.54) is 16.4 Å². The van der Waals surface area contributed by atoms with Crippen LogP contribution in [0.4, 0.5) is 14.5 Å². The fourth-order valence-corrected chi connectivity index (χ4v) is 4.02. The molecule has 0 unspecified atom stereocenters. The highest BCUT2D eigenvalue weighted by molar-refractivity contribution is 7.89. The van der Waals surface area contributed by atoms with Crippen molar-refractivity contribution in [2.75, 3.05) is 18.4 Å². The molecule has 2 aromatic rings. The number of sulfonamides is 1. The number of hydrogen-bond acceptors (Lipinski definition) is 3. The fourth-order valence-electron chi connectivity index (χ4n) is 2.33. The lowest BCUT2D eigenvalue weighted by atomic mass is 10.2. The number of carbonyl (C=O) groups excluding carboxylic acids is 1. The molecule has 2 rings (SSSR count). The number of hydrogen-bond donors (Lipinski definition) is 1. The van der Waals surface area contributed by atoms with Crippen molar-refractivity contribution in [2.24, 2.45) is 0 Å². The molecule has 0 aliphatic heterocycles. The average Bonchev–Trinajstić information content (AvgIpc) is 2.58. The van der Waals surface area contributed by atoms with E-state index in [0.29, 0.717) is 6.07 Å². The Bertz CT molecular complexity index is 932. The van der Waals surface area contributed by atoms with Gasteiger partial charge in [0.15, 0.2) is 0 Å². The first-order chi connectivity index (χ1) is 12.2. The monoisotopic (exact) mass is 402 g/mol. The predicted octanol–water partition coefficient (Wildman–Crippen LogP) is 3.90. The first-order valence-corrected chi connectivity index (χ1v) is 9.58. The Morgan fingerprint density at radius 3 is 2.35 bits per heavy atom. The molecule has 1 amide bonds. The molecule has 0 aliphatic carbocycles. The number of nitrogens with one attached hydrogen (secondary N) is 1. The van der Waals surface area contributed by atoms with Gasteiger partial charge in [-0.05, 0) is 30.3 Å². The van der Waals surface area contributed by atoms with Crippen LogP contribution in [0, 0.1) is 11.6 Å². The van der Waals surface area contributed by atoms with E-state index in [2.05, 4.69) is 5.32 Å². The molecule has 5 nitrogen and oxygen atoms in total. The molecule has 0 aliphatic rings. The zero-order valence-electron chi connectivity index (χ0n) is 14.1. The SMILES string of the molecule is CCN(CC)S(=O)(=O)c1ccc(Cl)c(C(=O)Nc2ccc(F)cc2F)c1. The van der Waals surface area contributed by atoms with Crippen molar-refractivity contribution in [2.45, 2.75) is 18.7 Å². The van der Waals surface area contributed by atoms with Gasteiger partial charge in [0.2, 0.25) is 10.0 Å². The van der Waals surface area contributed by atoms with Crippen LogP contribution < -0.4 is 5.32 Å². The van der Waals surface area contributed by atoms with Crippen molar-refractivity contribution in [1.29, 1.82) is 0 Å². The lowest BCUT2D eigenvalue weighted by Crippen LogP contribution is -2.30. The third-order valence-electron chi connectivity index (χ3n) is 3.70. The van der Waals surface area contributed by atoms with Gasteiger partial charge < -0.3 is 5.32 Å². The predicted molar refractivity (Wildman–Crippen MR) is 95.9 cm³/mol. The van der Waals surface area contributed by atoms with E-state index >= 15 is 0 Å². The summed E-state index contributed by atoms with van der Waals surface area (Å²) in [6, 6.07) is 6.39. The Hall–Kier alpha value is -2.03. The maximum absolute atomic E-state index is 13.7. The van der Waals surface area contributed by atoms with Gasteiger partial charge in [-0.15, -0.1) is 0 Å². The van der Waals surface area contributed by atoms with Crippen LogP contribution in [-0.4, -0.2) is 31.7 Å². The van der Waals surface area contributed by atoms with Gasteiger partial charge in [0.1, 0.15) is 11.6 Å². The molecule has 0 atom stereocenters. The van der Waals surface area contributed by atoms with E-state index < -0.39 is 27.6 Å². The third-order valence-corrected chi connectivity index (χ3v) is 6.08. The van der Waals surface area contributed by atoms with Crippen molar-refractivity contribution in [3.63, 3.8) is 0 Å². The lowest BCUT2D eigenvalue weighted by Gasteiger charge is -2.19. The van der Waals surface area contributed by atoms with Crippen LogP contribution in [0.3, 0.4) is 0 Å². The number of anilines is 1. The molecule has 26 heavy (non-hydrogen) atoms. The molecular weight excluding hydrogens is 386 g/mol. The highest BCUT2D eigenvalue weighted by Crippen LogP contribution is 2.24. The summed E-state index contributed by atoms with van der Waals surface area (Å²) in [5, 5.41) is 2.26. The zero-order chi connectivity index (χ0) is 19.5. The summed E-state index contributed by atoms with van der Waals surface area (Å²) in [4.78, 5) is 12.3. The first kappa shape index (κ1) is 20.3. The molecule has 9 heteroatoms. The lowest BCUT2D eigenvalue weighted by molar-refractivity contribution is 0.102. The highest BCUT2D eigenvalue weighted by Gasteiger charge is 2.24. The number of benzene rings is 2. The van der Waals surface area contributed by atoms with E-state index in [-0.39, 0.29) is 34.3 Å². The minimum Gasteiger partial charge on any atom is -0.319 e.